The smallest absolute Gasteiger partial charge is 0.309 e. The summed E-state index contributed by atoms with van der Waals surface area (Å²) in [4.78, 5) is 13.2. The quantitative estimate of drug-likeness (QED) is 0.695. The molecule has 1 heterocycles. The Hall–Kier alpha value is -1.78. The summed E-state index contributed by atoms with van der Waals surface area (Å²) >= 11 is 6.25. The lowest BCUT2D eigenvalue weighted by Gasteiger charge is -2.36. The Morgan fingerprint density at radius 3 is 2.67 bits per heavy atom. The number of hydrogen-bond donors (Lipinski definition) is 2. The maximum Gasteiger partial charge on any atom is 0.309 e. The van der Waals surface area contributed by atoms with Crippen molar-refractivity contribution >= 4 is 23.3 Å². The van der Waals surface area contributed by atoms with Gasteiger partial charge < -0.3 is 10.4 Å². The molecule has 4 nitrogen and oxygen atoms in total. The third-order valence-electron chi connectivity index (χ3n) is 5.51. The minimum atomic E-state index is -0.686. The molecule has 1 fully saturated rings. The number of aryl methyl sites for hydroxylation is 1. The Labute approximate surface area is 166 Å². The molecule has 0 amide bonds. The second-order valence-corrected chi connectivity index (χ2v) is 8.31. The zero-order chi connectivity index (χ0) is 19.6. The maximum absolute atomic E-state index is 11.0. The van der Waals surface area contributed by atoms with Crippen LogP contribution in [-0.2, 0) is 11.3 Å². The van der Waals surface area contributed by atoms with Crippen molar-refractivity contribution in [3.63, 3.8) is 0 Å². The molecular formula is C22H29ClN2O2. The van der Waals surface area contributed by atoms with E-state index in [9.17, 15) is 4.79 Å². The first-order valence-electron chi connectivity index (χ1n) is 9.73. The van der Waals surface area contributed by atoms with Crippen molar-refractivity contribution in [1.29, 1.82) is 0 Å². The van der Waals surface area contributed by atoms with Crippen molar-refractivity contribution in [1.82, 2.24) is 4.90 Å². The van der Waals surface area contributed by atoms with Crippen LogP contribution in [0.4, 0.5) is 5.69 Å². The lowest BCUT2D eigenvalue weighted by atomic mass is 9.92. The zero-order valence-corrected chi connectivity index (χ0v) is 17.1. The number of nitrogens with zero attached hydrogens (tertiary/aromatic N) is 1. The van der Waals surface area contributed by atoms with Crippen molar-refractivity contribution in [2.75, 3.05) is 18.4 Å². The van der Waals surface area contributed by atoms with Gasteiger partial charge in [-0.15, -0.1) is 0 Å². The van der Waals surface area contributed by atoms with E-state index in [1.807, 2.05) is 0 Å². The molecule has 1 aliphatic carbocycles. The van der Waals surface area contributed by atoms with Crippen molar-refractivity contribution in [3.8, 4) is 0 Å². The van der Waals surface area contributed by atoms with Crippen LogP contribution in [0.5, 0.6) is 0 Å². The van der Waals surface area contributed by atoms with Crippen LogP contribution in [-0.4, -0.2) is 35.1 Å². The molecule has 1 aliphatic heterocycles. The molecule has 0 spiro atoms. The van der Waals surface area contributed by atoms with Gasteiger partial charge in [-0.05, 0) is 67.5 Å². The summed E-state index contributed by atoms with van der Waals surface area (Å²) in [6, 6.07) is 6.87. The van der Waals surface area contributed by atoms with Gasteiger partial charge in [0.05, 0.1) is 5.92 Å². The van der Waals surface area contributed by atoms with E-state index in [2.05, 4.69) is 55.3 Å². The number of allylic oxidation sites excluding steroid dienone is 3. The van der Waals surface area contributed by atoms with E-state index in [0.717, 1.165) is 36.5 Å². The number of hydrogen-bond acceptors (Lipinski definition) is 3. The summed E-state index contributed by atoms with van der Waals surface area (Å²) in [5.74, 6) is -0.896. The number of carboxylic acids is 1. The largest absolute Gasteiger partial charge is 0.481 e. The average molecular weight is 389 g/mol. The first-order chi connectivity index (χ1) is 12.9. The Morgan fingerprint density at radius 1 is 1.30 bits per heavy atom. The zero-order valence-electron chi connectivity index (χ0n) is 16.4. The van der Waals surface area contributed by atoms with Gasteiger partial charge >= 0.3 is 5.97 Å². The fourth-order valence-electron chi connectivity index (χ4n) is 3.96. The number of nitrogens with one attached hydrogen (secondary N) is 1. The predicted molar refractivity (Wildman–Crippen MR) is 111 cm³/mol. The van der Waals surface area contributed by atoms with Crippen LogP contribution in [0.25, 0.3) is 0 Å². The molecule has 0 radical (unpaired) electrons. The molecule has 3 rings (SSSR count). The van der Waals surface area contributed by atoms with Gasteiger partial charge in [-0.1, -0.05) is 30.7 Å². The minimum absolute atomic E-state index is 0.210. The first kappa shape index (κ1) is 20.0. The van der Waals surface area contributed by atoms with E-state index < -0.39 is 5.97 Å². The third-order valence-corrected chi connectivity index (χ3v) is 6.00. The van der Waals surface area contributed by atoms with Crippen molar-refractivity contribution in [2.24, 2.45) is 5.92 Å². The van der Waals surface area contributed by atoms with E-state index in [1.54, 1.807) is 0 Å². The fraction of sp³-hybridized carbons (Fsp3) is 0.500. The number of benzene rings is 1. The highest BCUT2D eigenvalue weighted by Crippen LogP contribution is 2.30. The molecular weight excluding hydrogens is 360 g/mol. The number of carbonyl (C=O) groups is 1. The minimum Gasteiger partial charge on any atom is -0.481 e. The monoisotopic (exact) mass is 388 g/mol. The standard InChI is InChI=1S/C22H29ClN2O2/c1-4-21(17-5-6-20(23)15(3)9-17)24-19-8-14(2)7-16(10-19)11-25-12-18(13-25)22(26)27/h7-10,18,21,24H,4-6,11-13H2,1-3H3,(H,26,27). The SMILES string of the molecule is CCC(Nc1cc(C)cc(CN2CC(C(=O)O)C2)c1)C1=CC(C)=C(Cl)CC1. The van der Waals surface area contributed by atoms with Gasteiger partial charge in [0.15, 0.2) is 0 Å². The van der Waals surface area contributed by atoms with Crippen LogP contribution < -0.4 is 5.32 Å². The van der Waals surface area contributed by atoms with E-state index in [0.29, 0.717) is 19.1 Å². The Morgan fingerprint density at radius 2 is 2.04 bits per heavy atom. The molecule has 1 atom stereocenters. The normalized spacial score (nSPS) is 19.5. The Balaban J connectivity index is 1.68. The van der Waals surface area contributed by atoms with Gasteiger partial charge in [-0.3, -0.25) is 9.69 Å². The van der Waals surface area contributed by atoms with E-state index in [4.69, 9.17) is 16.7 Å². The highest BCUT2D eigenvalue weighted by molar-refractivity contribution is 6.30. The summed E-state index contributed by atoms with van der Waals surface area (Å²) in [7, 11) is 0. The van der Waals surface area contributed by atoms with Gasteiger partial charge in [0.1, 0.15) is 0 Å². The summed E-state index contributed by atoms with van der Waals surface area (Å²) in [5.41, 5.74) is 6.17. The van der Waals surface area contributed by atoms with Crippen LogP contribution in [0, 0.1) is 12.8 Å². The number of anilines is 1. The van der Waals surface area contributed by atoms with Gasteiger partial charge in [-0.25, -0.2) is 0 Å². The lowest BCUT2D eigenvalue weighted by molar-refractivity contribution is -0.147. The molecule has 0 saturated carbocycles. The highest BCUT2D eigenvalue weighted by Gasteiger charge is 2.32. The van der Waals surface area contributed by atoms with Crippen LogP contribution >= 0.6 is 11.6 Å². The van der Waals surface area contributed by atoms with Crippen molar-refractivity contribution in [3.05, 3.63) is 51.6 Å². The maximum atomic E-state index is 11.0. The lowest BCUT2D eigenvalue weighted by Crippen LogP contribution is -2.49. The number of likely N-dealkylation sites (tertiary alicyclic amines) is 1. The number of aliphatic carboxylic acids is 1. The topological polar surface area (TPSA) is 52.6 Å². The van der Waals surface area contributed by atoms with Gasteiger partial charge in [0.25, 0.3) is 0 Å². The van der Waals surface area contributed by atoms with Gasteiger partial charge in [-0.2, -0.15) is 0 Å². The molecule has 27 heavy (non-hydrogen) atoms. The summed E-state index contributed by atoms with van der Waals surface area (Å²) in [5, 5.41) is 13.7. The van der Waals surface area contributed by atoms with Crippen LogP contribution in [0.15, 0.2) is 40.5 Å². The first-order valence-corrected chi connectivity index (χ1v) is 10.1. The highest BCUT2D eigenvalue weighted by atomic mass is 35.5. The summed E-state index contributed by atoms with van der Waals surface area (Å²) in [6.07, 6.45) is 5.18. The second-order valence-electron chi connectivity index (χ2n) is 7.85. The van der Waals surface area contributed by atoms with Gasteiger partial charge in [0.2, 0.25) is 0 Å². The molecule has 2 aliphatic rings. The summed E-state index contributed by atoms with van der Waals surface area (Å²) in [6.45, 7) is 8.48. The molecule has 0 bridgehead atoms. The molecule has 5 heteroatoms. The van der Waals surface area contributed by atoms with E-state index in [-0.39, 0.29) is 5.92 Å². The fourth-order valence-corrected chi connectivity index (χ4v) is 4.11. The summed E-state index contributed by atoms with van der Waals surface area (Å²) < 4.78 is 0. The molecule has 1 saturated heterocycles. The average Bonchev–Trinajstić information content (AvgIpc) is 2.57. The number of halogens is 1. The van der Waals surface area contributed by atoms with Crippen molar-refractivity contribution in [2.45, 2.75) is 52.6 Å². The molecule has 2 N–H and O–H groups in total. The Kier molecular flexibility index (Phi) is 6.28. The third kappa shape index (κ3) is 4.94. The van der Waals surface area contributed by atoms with Gasteiger partial charge in [0, 0.05) is 36.4 Å². The second kappa shape index (κ2) is 8.49. The predicted octanol–water partition coefficient (Wildman–Crippen LogP) is 4.93. The van der Waals surface area contributed by atoms with Crippen LogP contribution in [0.1, 0.15) is 44.2 Å². The van der Waals surface area contributed by atoms with E-state index >= 15 is 0 Å². The molecule has 1 unspecified atom stereocenters. The molecule has 0 aromatic heterocycles. The number of rotatable bonds is 7. The molecule has 1 aromatic rings. The molecule has 146 valence electrons. The Bertz CT molecular complexity index is 779. The van der Waals surface area contributed by atoms with E-state index in [1.165, 1.54) is 22.3 Å². The van der Waals surface area contributed by atoms with Crippen molar-refractivity contribution < 1.29 is 9.90 Å². The number of carboxylic acid groups (broad SMARTS) is 1. The van der Waals surface area contributed by atoms with Crippen LogP contribution in [0.2, 0.25) is 0 Å². The molecule has 1 aromatic carbocycles. The van der Waals surface area contributed by atoms with Crippen LogP contribution in [0.3, 0.4) is 0 Å².